The molecule has 0 spiro atoms. The summed E-state index contributed by atoms with van der Waals surface area (Å²) in [6.45, 7) is 4.27. The molecule has 0 heterocycles. The van der Waals surface area contributed by atoms with Crippen LogP contribution in [0.2, 0.25) is 0 Å². The van der Waals surface area contributed by atoms with Gasteiger partial charge in [-0.25, -0.2) is 0 Å². The predicted molar refractivity (Wildman–Crippen MR) is 52.8 cm³/mol. The number of ketones is 1. The molecule has 2 atom stereocenters. The SMILES string of the molecule is CCOC(=O)C1CCC(=O)CC1CC. The molecule has 3 heteroatoms. The number of Topliss-reactive ketones (excluding diaryl/α,β-unsaturated/α-hetero) is 1. The van der Waals surface area contributed by atoms with Crippen molar-refractivity contribution in [3.8, 4) is 0 Å². The van der Waals surface area contributed by atoms with E-state index in [1.807, 2.05) is 13.8 Å². The van der Waals surface area contributed by atoms with Gasteiger partial charge in [-0.2, -0.15) is 0 Å². The van der Waals surface area contributed by atoms with Crippen LogP contribution < -0.4 is 0 Å². The molecule has 3 nitrogen and oxygen atoms in total. The first-order valence-corrected chi connectivity index (χ1v) is 5.37. The Morgan fingerprint density at radius 2 is 2.21 bits per heavy atom. The smallest absolute Gasteiger partial charge is 0.309 e. The van der Waals surface area contributed by atoms with E-state index in [1.54, 1.807) is 0 Å². The predicted octanol–water partition coefficient (Wildman–Crippen LogP) is 1.94. The van der Waals surface area contributed by atoms with Crippen LogP contribution in [0.4, 0.5) is 0 Å². The van der Waals surface area contributed by atoms with Crippen molar-refractivity contribution in [1.82, 2.24) is 0 Å². The molecule has 1 aliphatic rings. The van der Waals surface area contributed by atoms with E-state index in [1.165, 1.54) is 0 Å². The van der Waals surface area contributed by atoms with Crippen LogP contribution in [0, 0.1) is 11.8 Å². The second-order valence-corrected chi connectivity index (χ2v) is 3.81. The minimum atomic E-state index is -0.119. The lowest BCUT2D eigenvalue weighted by Gasteiger charge is -2.27. The van der Waals surface area contributed by atoms with Crippen molar-refractivity contribution in [2.45, 2.75) is 39.5 Å². The standard InChI is InChI=1S/C11H18O3/c1-3-8-7-9(12)5-6-10(8)11(13)14-4-2/h8,10H,3-7H2,1-2H3. The summed E-state index contributed by atoms with van der Waals surface area (Å²) in [5.74, 6) is 0.331. The van der Waals surface area contributed by atoms with Crippen LogP contribution >= 0.6 is 0 Å². The van der Waals surface area contributed by atoms with Crippen LogP contribution in [0.1, 0.15) is 39.5 Å². The number of hydrogen-bond donors (Lipinski definition) is 0. The van der Waals surface area contributed by atoms with E-state index in [2.05, 4.69) is 0 Å². The summed E-state index contributed by atoms with van der Waals surface area (Å²) in [5.41, 5.74) is 0. The highest BCUT2D eigenvalue weighted by Gasteiger charge is 2.33. The second-order valence-electron chi connectivity index (χ2n) is 3.81. The Morgan fingerprint density at radius 3 is 2.79 bits per heavy atom. The van der Waals surface area contributed by atoms with Gasteiger partial charge in [0, 0.05) is 12.8 Å². The summed E-state index contributed by atoms with van der Waals surface area (Å²) in [5, 5.41) is 0. The third-order valence-electron chi connectivity index (χ3n) is 2.91. The molecule has 0 saturated heterocycles. The van der Waals surface area contributed by atoms with Gasteiger partial charge in [0.1, 0.15) is 5.78 Å². The zero-order chi connectivity index (χ0) is 10.6. The number of esters is 1. The molecular formula is C11H18O3. The molecular weight excluding hydrogens is 180 g/mol. The molecule has 2 unspecified atom stereocenters. The van der Waals surface area contributed by atoms with Gasteiger partial charge in [0.15, 0.2) is 0 Å². The summed E-state index contributed by atoms with van der Waals surface area (Å²) < 4.78 is 5.00. The van der Waals surface area contributed by atoms with Crippen LogP contribution in [0.3, 0.4) is 0 Å². The molecule has 80 valence electrons. The summed E-state index contributed by atoms with van der Waals surface area (Å²) in [7, 11) is 0. The highest BCUT2D eigenvalue weighted by molar-refractivity contribution is 5.83. The van der Waals surface area contributed by atoms with Crippen molar-refractivity contribution in [3.05, 3.63) is 0 Å². The molecule has 0 aromatic heterocycles. The molecule has 1 saturated carbocycles. The number of ether oxygens (including phenoxy) is 1. The number of carbonyl (C=O) groups is 2. The van der Waals surface area contributed by atoms with Crippen molar-refractivity contribution >= 4 is 11.8 Å². The molecule has 0 aliphatic heterocycles. The summed E-state index contributed by atoms with van der Waals surface area (Å²) >= 11 is 0. The lowest BCUT2D eigenvalue weighted by Crippen LogP contribution is -2.31. The molecule has 0 N–H and O–H groups in total. The maximum absolute atomic E-state index is 11.5. The number of rotatable bonds is 3. The average molecular weight is 198 g/mol. The Labute approximate surface area is 84.8 Å². The fraction of sp³-hybridized carbons (Fsp3) is 0.818. The first-order valence-electron chi connectivity index (χ1n) is 5.37. The molecule has 1 aliphatic carbocycles. The van der Waals surface area contributed by atoms with Crippen LogP contribution in [-0.4, -0.2) is 18.4 Å². The molecule has 0 aromatic carbocycles. The Bertz CT molecular complexity index is 223. The lowest BCUT2D eigenvalue weighted by atomic mass is 9.77. The highest BCUT2D eigenvalue weighted by Crippen LogP contribution is 2.31. The molecule has 1 fully saturated rings. The minimum absolute atomic E-state index is 0.0438. The van der Waals surface area contributed by atoms with Crippen molar-refractivity contribution in [3.63, 3.8) is 0 Å². The second kappa shape index (κ2) is 5.13. The Kier molecular flexibility index (Phi) is 4.11. The fourth-order valence-electron chi connectivity index (χ4n) is 2.08. The van der Waals surface area contributed by atoms with Crippen molar-refractivity contribution < 1.29 is 14.3 Å². The van der Waals surface area contributed by atoms with Gasteiger partial charge < -0.3 is 4.74 Å². The van der Waals surface area contributed by atoms with E-state index in [0.29, 0.717) is 25.9 Å². The van der Waals surface area contributed by atoms with E-state index in [4.69, 9.17) is 4.74 Å². The van der Waals surface area contributed by atoms with E-state index in [9.17, 15) is 9.59 Å². The largest absolute Gasteiger partial charge is 0.466 e. The summed E-state index contributed by atoms with van der Waals surface area (Å²) in [6, 6.07) is 0. The third-order valence-corrected chi connectivity index (χ3v) is 2.91. The van der Waals surface area contributed by atoms with E-state index >= 15 is 0 Å². The number of carbonyl (C=O) groups excluding carboxylic acids is 2. The average Bonchev–Trinajstić information content (AvgIpc) is 2.17. The van der Waals surface area contributed by atoms with Crippen LogP contribution in [0.15, 0.2) is 0 Å². The van der Waals surface area contributed by atoms with Crippen LogP contribution in [-0.2, 0) is 14.3 Å². The monoisotopic (exact) mass is 198 g/mol. The minimum Gasteiger partial charge on any atom is -0.466 e. The Morgan fingerprint density at radius 1 is 1.50 bits per heavy atom. The van der Waals surface area contributed by atoms with Crippen LogP contribution in [0.25, 0.3) is 0 Å². The van der Waals surface area contributed by atoms with Crippen molar-refractivity contribution in [2.24, 2.45) is 11.8 Å². The van der Waals surface area contributed by atoms with Gasteiger partial charge in [0.2, 0.25) is 0 Å². The Hall–Kier alpha value is -0.860. The van der Waals surface area contributed by atoms with Gasteiger partial charge in [-0.05, 0) is 19.3 Å². The van der Waals surface area contributed by atoms with Gasteiger partial charge in [-0.15, -0.1) is 0 Å². The highest BCUT2D eigenvalue weighted by atomic mass is 16.5. The molecule has 14 heavy (non-hydrogen) atoms. The molecule has 0 radical (unpaired) electrons. The third kappa shape index (κ3) is 2.56. The van der Waals surface area contributed by atoms with Crippen LogP contribution in [0.5, 0.6) is 0 Å². The van der Waals surface area contributed by atoms with E-state index in [0.717, 1.165) is 6.42 Å². The normalized spacial score (nSPS) is 27.4. The maximum atomic E-state index is 11.5. The summed E-state index contributed by atoms with van der Waals surface area (Å²) in [4.78, 5) is 22.7. The first kappa shape index (κ1) is 11.2. The molecule has 0 amide bonds. The van der Waals surface area contributed by atoms with Gasteiger partial charge in [0.05, 0.1) is 12.5 Å². The fourth-order valence-corrected chi connectivity index (χ4v) is 2.08. The maximum Gasteiger partial charge on any atom is 0.309 e. The van der Waals surface area contributed by atoms with Crippen molar-refractivity contribution in [2.75, 3.05) is 6.61 Å². The molecule has 0 bridgehead atoms. The van der Waals surface area contributed by atoms with E-state index in [-0.39, 0.29) is 23.6 Å². The quantitative estimate of drug-likeness (QED) is 0.651. The lowest BCUT2D eigenvalue weighted by molar-refractivity contribution is -0.152. The molecule has 1 rings (SSSR count). The molecule has 0 aromatic rings. The zero-order valence-electron chi connectivity index (χ0n) is 8.91. The number of hydrogen-bond acceptors (Lipinski definition) is 3. The van der Waals surface area contributed by atoms with E-state index < -0.39 is 0 Å². The van der Waals surface area contributed by atoms with Gasteiger partial charge >= 0.3 is 5.97 Å². The van der Waals surface area contributed by atoms with Crippen molar-refractivity contribution in [1.29, 1.82) is 0 Å². The Balaban J connectivity index is 2.57. The topological polar surface area (TPSA) is 43.4 Å². The van der Waals surface area contributed by atoms with Gasteiger partial charge in [0.25, 0.3) is 0 Å². The summed E-state index contributed by atoms with van der Waals surface area (Å²) in [6.07, 6.45) is 2.66. The van der Waals surface area contributed by atoms with Gasteiger partial charge in [-0.3, -0.25) is 9.59 Å². The first-order chi connectivity index (χ1) is 6.69. The zero-order valence-corrected chi connectivity index (χ0v) is 8.91. The van der Waals surface area contributed by atoms with Gasteiger partial charge in [-0.1, -0.05) is 13.3 Å².